The maximum absolute atomic E-state index is 12.2. The third-order valence-electron chi connectivity index (χ3n) is 5.84. The quantitative estimate of drug-likeness (QED) is 0.124. The molecule has 2 fully saturated rings. The molecule has 18 nitrogen and oxygen atoms in total. The van der Waals surface area contributed by atoms with Gasteiger partial charge >= 0.3 is 15.6 Å². The largest absolute Gasteiger partial charge is 0.481 e. The molecule has 4 aliphatic heterocycles. The van der Waals surface area contributed by atoms with Crippen molar-refractivity contribution < 1.29 is 62.2 Å². The van der Waals surface area contributed by atoms with Crippen molar-refractivity contribution in [1.29, 1.82) is 5.41 Å². The van der Waals surface area contributed by atoms with E-state index in [4.69, 9.17) is 14.9 Å². The molecule has 200 valence electrons. The number of phosphoric ester groups is 2. The Bertz CT molecular complexity index is 1340. The van der Waals surface area contributed by atoms with E-state index in [0.717, 1.165) is 10.9 Å². The second kappa shape index (κ2) is 9.25. The Labute approximate surface area is 208 Å². The van der Waals surface area contributed by atoms with Gasteiger partial charge in [0.25, 0.3) is 0 Å². The SMILES string of the molecule is N=c1c2nc(Br)n3c2ncn1[C@H]1O[C@@H](COP(=O)(O)OP(=O)(O)OC[C@H]2O[C@@H]3[C@@H](O)C2O)C(O)[C@H]1O. The number of hydrogen-bond donors (Lipinski definition) is 7. The fourth-order valence-electron chi connectivity index (χ4n) is 4.08. The second-order valence-corrected chi connectivity index (χ2v) is 11.9. The van der Waals surface area contributed by atoms with Crippen LogP contribution in [0.5, 0.6) is 0 Å². The zero-order valence-corrected chi connectivity index (χ0v) is 21.1. The molecule has 2 aromatic rings. The van der Waals surface area contributed by atoms with Crippen molar-refractivity contribution in [2.75, 3.05) is 13.2 Å². The Morgan fingerprint density at radius 2 is 1.47 bits per heavy atom. The first-order chi connectivity index (χ1) is 16.8. The van der Waals surface area contributed by atoms with Crippen molar-refractivity contribution in [3.05, 3.63) is 16.5 Å². The summed E-state index contributed by atoms with van der Waals surface area (Å²) in [6.45, 7) is -1.73. The molecule has 21 heteroatoms. The number of hydrogen-bond acceptors (Lipinski definition) is 14. The normalized spacial score (nSPS) is 43.8. The zero-order valence-electron chi connectivity index (χ0n) is 17.7. The third kappa shape index (κ3) is 4.52. The second-order valence-electron chi connectivity index (χ2n) is 8.13. The molecule has 10 atom stereocenters. The number of halogens is 1. The van der Waals surface area contributed by atoms with Gasteiger partial charge in [-0.15, -0.1) is 0 Å². The van der Waals surface area contributed by atoms with Crippen LogP contribution in [0.25, 0.3) is 11.2 Å². The molecular formula is C15H20BrN5O13P2. The van der Waals surface area contributed by atoms with Gasteiger partial charge in [-0.05, 0) is 15.9 Å². The van der Waals surface area contributed by atoms with Crippen molar-refractivity contribution in [2.45, 2.75) is 49.1 Å². The van der Waals surface area contributed by atoms with Crippen molar-refractivity contribution in [1.82, 2.24) is 19.1 Å². The predicted molar refractivity (Wildman–Crippen MR) is 114 cm³/mol. The molecule has 4 aliphatic rings. The Kier molecular flexibility index (Phi) is 6.80. The van der Waals surface area contributed by atoms with E-state index in [1.165, 1.54) is 4.57 Å². The zero-order chi connectivity index (χ0) is 26.2. The lowest BCUT2D eigenvalue weighted by Gasteiger charge is -2.21. The number of aliphatic hydroxyl groups excluding tert-OH is 4. The van der Waals surface area contributed by atoms with Crippen LogP contribution in [0.1, 0.15) is 12.5 Å². The monoisotopic (exact) mass is 619 g/mol. The number of phosphoric acid groups is 2. The number of aliphatic hydroxyl groups is 4. The minimum atomic E-state index is -5.27. The van der Waals surface area contributed by atoms with Crippen LogP contribution in [0.4, 0.5) is 0 Å². The molecule has 8 bridgehead atoms. The van der Waals surface area contributed by atoms with Crippen LogP contribution in [-0.2, 0) is 32.0 Å². The van der Waals surface area contributed by atoms with E-state index in [9.17, 15) is 39.3 Å². The Hall–Kier alpha value is -1.15. The summed E-state index contributed by atoms with van der Waals surface area (Å²) in [4.78, 5) is 28.1. The Balaban J connectivity index is 1.61. The topological polar surface area (TPSA) is 261 Å². The fraction of sp³-hybridized carbons (Fsp3) is 0.667. The molecule has 0 saturated carbocycles. The highest BCUT2D eigenvalue weighted by Gasteiger charge is 2.49. The van der Waals surface area contributed by atoms with Crippen LogP contribution in [0.15, 0.2) is 11.1 Å². The predicted octanol–water partition coefficient (Wildman–Crippen LogP) is -2.02. The van der Waals surface area contributed by atoms with Gasteiger partial charge < -0.3 is 39.7 Å². The van der Waals surface area contributed by atoms with E-state index in [0.29, 0.717) is 0 Å². The lowest BCUT2D eigenvalue weighted by Crippen LogP contribution is -2.36. The van der Waals surface area contributed by atoms with Crippen LogP contribution in [0.2, 0.25) is 0 Å². The molecule has 6 rings (SSSR count). The first-order valence-corrected chi connectivity index (χ1v) is 14.0. The molecule has 6 heterocycles. The first kappa shape index (κ1) is 26.5. The number of aromatic nitrogens is 4. The summed E-state index contributed by atoms with van der Waals surface area (Å²) in [5, 5.41) is 50.3. The van der Waals surface area contributed by atoms with Crippen LogP contribution >= 0.6 is 31.6 Å². The Morgan fingerprint density at radius 3 is 2.06 bits per heavy atom. The highest BCUT2D eigenvalue weighted by Crippen LogP contribution is 2.60. The average molecular weight is 620 g/mol. The number of nitrogens with zero attached hydrogens (tertiary/aromatic N) is 4. The molecule has 0 amide bonds. The Morgan fingerprint density at radius 1 is 0.944 bits per heavy atom. The van der Waals surface area contributed by atoms with Gasteiger partial charge in [0.05, 0.1) is 13.2 Å². The number of fused-ring (bicyclic) bond motifs is 7. The van der Waals surface area contributed by atoms with Crippen LogP contribution in [-0.4, -0.2) is 99.2 Å². The summed E-state index contributed by atoms with van der Waals surface area (Å²) < 4.78 is 51.3. The van der Waals surface area contributed by atoms with Gasteiger partial charge in [0.2, 0.25) is 0 Å². The highest BCUT2D eigenvalue weighted by atomic mass is 79.9. The number of imidazole rings is 1. The maximum atomic E-state index is 12.2. The summed E-state index contributed by atoms with van der Waals surface area (Å²) in [6, 6.07) is 0. The van der Waals surface area contributed by atoms with Gasteiger partial charge in [0.1, 0.15) is 43.0 Å². The van der Waals surface area contributed by atoms with Crippen LogP contribution in [0.3, 0.4) is 0 Å². The average Bonchev–Trinajstić information content (AvgIpc) is 3.37. The third-order valence-corrected chi connectivity index (χ3v) is 9.00. The van der Waals surface area contributed by atoms with Crippen molar-refractivity contribution in [3.63, 3.8) is 0 Å². The van der Waals surface area contributed by atoms with Gasteiger partial charge in [0, 0.05) is 0 Å². The van der Waals surface area contributed by atoms with Crippen molar-refractivity contribution in [3.8, 4) is 0 Å². The summed E-state index contributed by atoms with van der Waals surface area (Å²) in [7, 11) is -10.5. The molecule has 7 N–H and O–H groups in total. The van der Waals surface area contributed by atoms with Gasteiger partial charge in [-0.2, -0.15) is 4.31 Å². The molecule has 0 aromatic carbocycles. The fourth-order valence-corrected chi connectivity index (χ4v) is 6.72. The number of rotatable bonds is 0. The van der Waals surface area contributed by atoms with E-state index in [-0.39, 0.29) is 21.4 Å². The van der Waals surface area contributed by atoms with Gasteiger partial charge in [-0.3, -0.25) is 23.6 Å². The first-order valence-electron chi connectivity index (χ1n) is 10.2. The van der Waals surface area contributed by atoms with Crippen molar-refractivity contribution in [2.24, 2.45) is 0 Å². The molecule has 36 heavy (non-hydrogen) atoms. The van der Waals surface area contributed by atoms with Crippen LogP contribution in [0, 0.1) is 5.41 Å². The van der Waals surface area contributed by atoms with Gasteiger partial charge in [-0.1, -0.05) is 0 Å². The minimum Gasteiger partial charge on any atom is -0.387 e. The molecule has 0 spiro atoms. The van der Waals surface area contributed by atoms with E-state index in [2.05, 4.69) is 39.3 Å². The molecule has 4 unspecified atom stereocenters. The summed E-state index contributed by atoms with van der Waals surface area (Å²) >= 11 is 3.19. The molecular weight excluding hydrogens is 600 g/mol. The van der Waals surface area contributed by atoms with Gasteiger partial charge in [-0.25, -0.2) is 19.1 Å². The summed E-state index contributed by atoms with van der Waals surface area (Å²) in [5.74, 6) is 0. The molecule has 2 aromatic heterocycles. The standard InChI is InChI=1S/C15H20BrN5O13P2/c16-15-19-6-11(17)20-3-18-12(6)21(15)14-10(25)8(23)5(33-14)2-31-36(28,29)34-35(26,27)30-1-4-7(22)9(24)13(20)32-4/h3-5,7-10,13-14,17,22-25H,1-2H2,(H,26,27)(H,28,29)/t4-,5+,7?,8?,9+,10-,13-,14+/m0/s1. The maximum Gasteiger partial charge on any atom is 0.481 e. The molecule has 0 radical (unpaired) electrons. The smallest absolute Gasteiger partial charge is 0.387 e. The highest BCUT2D eigenvalue weighted by molar-refractivity contribution is 9.10. The minimum absolute atomic E-state index is 0.0207. The number of nitrogens with one attached hydrogen (secondary N) is 1. The molecule has 0 aliphatic carbocycles. The summed E-state index contributed by atoms with van der Waals surface area (Å²) in [6.07, 6.45) is -11.1. The van der Waals surface area contributed by atoms with E-state index in [1.807, 2.05) is 0 Å². The van der Waals surface area contributed by atoms with E-state index >= 15 is 0 Å². The molecule has 2 saturated heterocycles. The van der Waals surface area contributed by atoms with Crippen LogP contribution < -0.4 is 5.49 Å². The van der Waals surface area contributed by atoms with E-state index < -0.39 is 77.9 Å². The van der Waals surface area contributed by atoms with E-state index in [1.54, 1.807) is 0 Å². The lowest BCUT2D eigenvalue weighted by molar-refractivity contribution is -0.0567. The van der Waals surface area contributed by atoms with Crippen molar-refractivity contribution >= 4 is 42.7 Å². The lowest BCUT2D eigenvalue weighted by atomic mass is 10.1. The number of ether oxygens (including phenoxy) is 2. The van der Waals surface area contributed by atoms with Gasteiger partial charge in [0.15, 0.2) is 33.8 Å². The summed E-state index contributed by atoms with van der Waals surface area (Å²) in [5.41, 5.74) is -0.357.